The molecule has 8 heteroatoms. The van der Waals surface area contributed by atoms with Gasteiger partial charge < -0.3 is 10.1 Å². The Morgan fingerprint density at radius 3 is 2.73 bits per heavy atom. The van der Waals surface area contributed by atoms with Crippen molar-refractivity contribution in [3.05, 3.63) is 28.7 Å². The van der Waals surface area contributed by atoms with Crippen molar-refractivity contribution in [1.82, 2.24) is 19.6 Å². The Balaban J connectivity index is 1.77. The van der Waals surface area contributed by atoms with Crippen LogP contribution in [-0.4, -0.2) is 38.7 Å². The van der Waals surface area contributed by atoms with Gasteiger partial charge in [-0.1, -0.05) is 11.6 Å². The number of nitrogens with one attached hydrogen (secondary N) is 1. The van der Waals surface area contributed by atoms with Gasteiger partial charge in [-0.25, -0.2) is 0 Å². The number of aromatic nitrogens is 4. The van der Waals surface area contributed by atoms with Gasteiger partial charge >= 0.3 is 0 Å². The molecule has 2 aromatic rings. The fraction of sp³-hybridized carbons (Fsp3) is 0.500. The molecular formula is C14H18ClN5O2. The van der Waals surface area contributed by atoms with Gasteiger partial charge in [0.25, 0.3) is 5.91 Å². The van der Waals surface area contributed by atoms with E-state index in [1.165, 1.54) is 0 Å². The SMILES string of the molecule is Cn1cc(Cl)c(NC(=O)c2cc(C3CCOCC3)nn2C)n1. The summed E-state index contributed by atoms with van der Waals surface area (Å²) < 4.78 is 8.51. The van der Waals surface area contributed by atoms with Crippen molar-refractivity contribution in [3.63, 3.8) is 0 Å². The van der Waals surface area contributed by atoms with E-state index in [-0.39, 0.29) is 5.91 Å². The Morgan fingerprint density at radius 1 is 1.36 bits per heavy atom. The number of hydrogen-bond acceptors (Lipinski definition) is 4. The third-order valence-electron chi connectivity index (χ3n) is 3.79. The second-order valence-electron chi connectivity index (χ2n) is 5.42. The summed E-state index contributed by atoms with van der Waals surface area (Å²) in [4.78, 5) is 12.4. The molecule has 0 bridgehead atoms. The zero-order valence-electron chi connectivity index (χ0n) is 12.5. The van der Waals surface area contributed by atoms with Crippen LogP contribution in [0.2, 0.25) is 5.02 Å². The van der Waals surface area contributed by atoms with E-state index in [9.17, 15) is 4.79 Å². The summed E-state index contributed by atoms with van der Waals surface area (Å²) in [5.41, 5.74) is 1.42. The maximum Gasteiger partial charge on any atom is 0.275 e. The van der Waals surface area contributed by atoms with Gasteiger partial charge in [-0.05, 0) is 18.9 Å². The predicted octanol–water partition coefficient (Wildman–Crippen LogP) is 1.95. The van der Waals surface area contributed by atoms with Crippen LogP contribution >= 0.6 is 11.6 Å². The number of anilines is 1. The molecular weight excluding hydrogens is 306 g/mol. The molecule has 0 saturated carbocycles. The van der Waals surface area contributed by atoms with Crippen molar-refractivity contribution in [1.29, 1.82) is 0 Å². The van der Waals surface area contributed by atoms with E-state index in [1.807, 2.05) is 6.07 Å². The highest BCUT2D eigenvalue weighted by Gasteiger charge is 2.22. The molecule has 1 saturated heterocycles. The quantitative estimate of drug-likeness (QED) is 0.937. The molecule has 0 aliphatic carbocycles. The van der Waals surface area contributed by atoms with Crippen LogP contribution in [0.5, 0.6) is 0 Å². The van der Waals surface area contributed by atoms with E-state index in [2.05, 4.69) is 15.5 Å². The van der Waals surface area contributed by atoms with Crippen molar-refractivity contribution < 1.29 is 9.53 Å². The molecule has 118 valence electrons. The molecule has 7 nitrogen and oxygen atoms in total. The number of rotatable bonds is 3. The average Bonchev–Trinajstić information content (AvgIpc) is 3.03. The molecule has 1 N–H and O–H groups in total. The smallest absolute Gasteiger partial charge is 0.275 e. The standard InChI is InChI=1S/C14H18ClN5O2/c1-19-8-10(15)13(18-19)16-14(21)12-7-11(17-20(12)2)9-3-5-22-6-4-9/h7-9H,3-6H2,1-2H3,(H,16,18,21). The van der Waals surface area contributed by atoms with E-state index in [1.54, 1.807) is 29.7 Å². The summed E-state index contributed by atoms with van der Waals surface area (Å²) in [6.07, 6.45) is 3.50. The van der Waals surface area contributed by atoms with E-state index < -0.39 is 0 Å². The Hall–Kier alpha value is -1.86. The fourth-order valence-electron chi connectivity index (χ4n) is 2.61. The molecule has 3 heterocycles. The highest BCUT2D eigenvalue weighted by atomic mass is 35.5. The topological polar surface area (TPSA) is 74.0 Å². The Bertz CT molecular complexity index is 687. The van der Waals surface area contributed by atoms with E-state index in [0.717, 1.165) is 31.7 Å². The van der Waals surface area contributed by atoms with E-state index >= 15 is 0 Å². The van der Waals surface area contributed by atoms with Crippen LogP contribution in [0, 0.1) is 0 Å². The van der Waals surface area contributed by atoms with Gasteiger partial charge in [0.05, 0.1) is 5.69 Å². The molecule has 2 aromatic heterocycles. The summed E-state index contributed by atoms with van der Waals surface area (Å²) >= 11 is 6.01. The highest BCUT2D eigenvalue weighted by molar-refractivity contribution is 6.33. The molecule has 22 heavy (non-hydrogen) atoms. The highest BCUT2D eigenvalue weighted by Crippen LogP contribution is 2.26. The number of amides is 1. The fourth-order valence-corrected chi connectivity index (χ4v) is 2.84. The van der Waals surface area contributed by atoms with Crippen molar-refractivity contribution in [2.24, 2.45) is 14.1 Å². The molecule has 1 amide bonds. The van der Waals surface area contributed by atoms with Gasteiger partial charge in [-0.3, -0.25) is 14.2 Å². The van der Waals surface area contributed by atoms with E-state index in [0.29, 0.717) is 22.5 Å². The predicted molar refractivity (Wildman–Crippen MR) is 82.2 cm³/mol. The third kappa shape index (κ3) is 3.00. The van der Waals surface area contributed by atoms with E-state index in [4.69, 9.17) is 16.3 Å². The number of hydrogen-bond donors (Lipinski definition) is 1. The minimum Gasteiger partial charge on any atom is -0.381 e. The first-order chi connectivity index (χ1) is 10.5. The first-order valence-electron chi connectivity index (χ1n) is 7.17. The maximum atomic E-state index is 12.4. The van der Waals surface area contributed by atoms with Crippen LogP contribution in [0.1, 0.15) is 34.9 Å². The van der Waals surface area contributed by atoms with Gasteiger partial charge in [0.2, 0.25) is 0 Å². The summed E-state index contributed by atoms with van der Waals surface area (Å²) in [5.74, 6) is 0.428. The number of ether oxygens (including phenoxy) is 1. The van der Waals surface area contributed by atoms with Gasteiger partial charge in [-0.2, -0.15) is 10.2 Å². The molecule has 1 aliphatic heterocycles. The zero-order valence-corrected chi connectivity index (χ0v) is 13.3. The second-order valence-corrected chi connectivity index (χ2v) is 5.83. The van der Waals surface area contributed by atoms with Gasteiger partial charge in [0, 0.05) is 39.4 Å². The molecule has 0 unspecified atom stereocenters. The number of carbonyl (C=O) groups excluding carboxylic acids is 1. The summed E-state index contributed by atoms with van der Waals surface area (Å²) in [7, 11) is 3.51. The lowest BCUT2D eigenvalue weighted by Gasteiger charge is -2.19. The number of carbonyl (C=O) groups is 1. The summed E-state index contributed by atoms with van der Waals surface area (Å²) in [6.45, 7) is 1.48. The first-order valence-corrected chi connectivity index (χ1v) is 7.54. The second kappa shape index (κ2) is 6.10. The van der Waals surface area contributed by atoms with Gasteiger partial charge in [-0.15, -0.1) is 0 Å². The molecule has 0 radical (unpaired) electrons. The molecule has 1 fully saturated rings. The van der Waals surface area contributed by atoms with Crippen LogP contribution in [0.3, 0.4) is 0 Å². The Morgan fingerprint density at radius 2 is 2.09 bits per heavy atom. The van der Waals surface area contributed by atoms with Crippen molar-refractivity contribution >= 4 is 23.3 Å². The molecule has 0 aromatic carbocycles. The Kier molecular flexibility index (Phi) is 4.17. The first kappa shape index (κ1) is 15.1. The summed E-state index contributed by atoms with van der Waals surface area (Å²) in [6, 6.07) is 1.84. The number of halogens is 1. The largest absolute Gasteiger partial charge is 0.381 e. The van der Waals surface area contributed by atoms with Gasteiger partial charge in [0.1, 0.15) is 10.7 Å². The molecule has 0 spiro atoms. The van der Waals surface area contributed by atoms with Crippen LogP contribution in [-0.2, 0) is 18.8 Å². The number of aryl methyl sites for hydroxylation is 2. The van der Waals surface area contributed by atoms with Crippen molar-refractivity contribution in [3.8, 4) is 0 Å². The third-order valence-corrected chi connectivity index (χ3v) is 4.06. The average molecular weight is 324 g/mol. The monoisotopic (exact) mass is 323 g/mol. The molecule has 3 rings (SSSR count). The summed E-state index contributed by atoms with van der Waals surface area (Å²) in [5, 5.41) is 11.7. The normalized spacial score (nSPS) is 16.0. The molecule has 0 atom stereocenters. The zero-order chi connectivity index (χ0) is 15.7. The minimum atomic E-state index is -0.270. The maximum absolute atomic E-state index is 12.4. The van der Waals surface area contributed by atoms with Crippen molar-refractivity contribution in [2.75, 3.05) is 18.5 Å². The van der Waals surface area contributed by atoms with Crippen LogP contribution < -0.4 is 5.32 Å². The lowest BCUT2D eigenvalue weighted by molar-refractivity contribution is 0.0844. The number of nitrogens with zero attached hydrogens (tertiary/aromatic N) is 4. The molecule has 1 aliphatic rings. The van der Waals surface area contributed by atoms with Crippen LogP contribution in [0.15, 0.2) is 12.3 Å². The lowest BCUT2D eigenvalue weighted by Crippen LogP contribution is -2.16. The minimum absolute atomic E-state index is 0.270. The van der Waals surface area contributed by atoms with Gasteiger partial charge in [0.15, 0.2) is 5.82 Å². The Labute approximate surface area is 133 Å². The van der Waals surface area contributed by atoms with Crippen LogP contribution in [0.25, 0.3) is 0 Å². The lowest BCUT2D eigenvalue weighted by atomic mass is 9.96. The van der Waals surface area contributed by atoms with Crippen LogP contribution in [0.4, 0.5) is 5.82 Å². The van der Waals surface area contributed by atoms with Crippen molar-refractivity contribution in [2.45, 2.75) is 18.8 Å².